The SMILES string of the molecule is c1nc(N2CCN(C3CCC3)CC2)c2cc[nH]c2n1. The lowest BCUT2D eigenvalue weighted by atomic mass is 9.91. The van der Waals surface area contributed by atoms with Crippen LogP contribution in [-0.2, 0) is 0 Å². The highest BCUT2D eigenvalue weighted by molar-refractivity contribution is 5.87. The Morgan fingerprint density at radius 1 is 1.11 bits per heavy atom. The number of anilines is 1. The summed E-state index contributed by atoms with van der Waals surface area (Å²) in [5.74, 6) is 1.08. The minimum Gasteiger partial charge on any atom is -0.353 e. The first kappa shape index (κ1) is 11.2. The Morgan fingerprint density at radius 2 is 1.95 bits per heavy atom. The third kappa shape index (κ3) is 1.89. The van der Waals surface area contributed by atoms with Crippen LogP contribution in [-0.4, -0.2) is 52.1 Å². The first-order valence-electron chi connectivity index (χ1n) is 7.19. The minimum atomic E-state index is 0.861. The zero-order valence-corrected chi connectivity index (χ0v) is 11.0. The van der Waals surface area contributed by atoms with Crippen LogP contribution in [0.4, 0.5) is 5.82 Å². The van der Waals surface area contributed by atoms with E-state index in [2.05, 4.69) is 30.8 Å². The van der Waals surface area contributed by atoms with Crippen molar-refractivity contribution < 1.29 is 0 Å². The molecular weight excluding hydrogens is 238 g/mol. The van der Waals surface area contributed by atoms with Crippen LogP contribution in [0.1, 0.15) is 19.3 Å². The normalized spacial score (nSPS) is 21.8. The van der Waals surface area contributed by atoms with Gasteiger partial charge in [0.2, 0.25) is 0 Å². The summed E-state index contributed by atoms with van der Waals surface area (Å²) in [5.41, 5.74) is 0.937. The van der Waals surface area contributed by atoms with Crippen molar-refractivity contribution in [3.63, 3.8) is 0 Å². The molecule has 0 radical (unpaired) electrons. The van der Waals surface area contributed by atoms with E-state index in [-0.39, 0.29) is 0 Å². The molecule has 0 spiro atoms. The predicted molar refractivity (Wildman–Crippen MR) is 75.3 cm³/mol. The summed E-state index contributed by atoms with van der Waals surface area (Å²) in [7, 11) is 0. The predicted octanol–water partition coefficient (Wildman–Crippen LogP) is 1.63. The van der Waals surface area contributed by atoms with Gasteiger partial charge in [-0.3, -0.25) is 4.90 Å². The van der Waals surface area contributed by atoms with Crippen molar-refractivity contribution in [2.75, 3.05) is 31.1 Å². The number of piperazine rings is 1. The van der Waals surface area contributed by atoms with E-state index >= 15 is 0 Å². The average molecular weight is 257 g/mol. The van der Waals surface area contributed by atoms with Gasteiger partial charge in [-0.05, 0) is 18.9 Å². The molecule has 0 aromatic carbocycles. The molecule has 0 unspecified atom stereocenters. The Labute approximate surface area is 112 Å². The third-order valence-electron chi connectivity index (χ3n) is 4.54. The standard InChI is InChI=1S/C14H19N5/c1-2-11(3-1)18-6-8-19(9-7-18)14-12-4-5-15-13(12)16-10-17-14/h4-5,10-11H,1-3,6-9H2,(H,15,16,17). The number of H-pyrrole nitrogens is 1. The zero-order valence-electron chi connectivity index (χ0n) is 11.0. The Morgan fingerprint density at radius 3 is 2.68 bits per heavy atom. The molecular formula is C14H19N5. The van der Waals surface area contributed by atoms with Gasteiger partial charge in [-0.2, -0.15) is 0 Å². The van der Waals surface area contributed by atoms with Gasteiger partial charge in [0.25, 0.3) is 0 Å². The molecule has 2 aromatic rings. The van der Waals surface area contributed by atoms with Gasteiger partial charge in [0.05, 0.1) is 5.39 Å². The van der Waals surface area contributed by atoms with Crippen LogP contribution < -0.4 is 4.90 Å². The average Bonchev–Trinajstić information content (AvgIpc) is 2.86. The quantitative estimate of drug-likeness (QED) is 0.888. The number of aromatic amines is 1. The largest absolute Gasteiger partial charge is 0.353 e. The molecule has 2 aliphatic rings. The van der Waals surface area contributed by atoms with Crippen molar-refractivity contribution in [3.05, 3.63) is 18.6 Å². The minimum absolute atomic E-state index is 0.861. The maximum absolute atomic E-state index is 4.48. The molecule has 0 atom stereocenters. The van der Waals surface area contributed by atoms with Crippen LogP contribution in [0.3, 0.4) is 0 Å². The second-order valence-corrected chi connectivity index (χ2v) is 5.54. The summed E-state index contributed by atoms with van der Waals surface area (Å²) in [6, 6.07) is 2.93. The molecule has 100 valence electrons. The maximum Gasteiger partial charge on any atom is 0.142 e. The van der Waals surface area contributed by atoms with E-state index in [4.69, 9.17) is 0 Å². The number of hydrogen-bond donors (Lipinski definition) is 1. The van der Waals surface area contributed by atoms with Crippen molar-refractivity contribution in [1.29, 1.82) is 0 Å². The number of nitrogens with one attached hydrogen (secondary N) is 1. The highest BCUT2D eigenvalue weighted by atomic mass is 15.3. The first-order chi connectivity index (χ1) is 9.42. The van der Waals surface area contributed by atoms with Gasteiger partial charge < -0.3 is 9.88 Å². The van der Waals surface area contributed by atoms with E-state index in [0.717, 1.165) is 36.0 Å². The highest BCUT2D eigenvalue weighted by Crippen LogP contribution is 2.28. The highest BCUT2D eigenvalue weighted by Gasteiger charge is 2.28. The number of rotatable bonds is 2. The Balaban J connectivity index is 1.52. The lowest BCUT2D eigenvalue weighted by Crippen LogP contribution is -2.52. The van der Waals surface area contributed by atoms with E-state index in [1.54, 1.807) is 6.33 Å². The summed E-state index contributed by atoms with van der Waals surface area (Å²) >= 11 is 0. The lowest BCUT2D eigenvalue weighted by molar-refractivity contribution is 0.120. The van der Waals surface area contributed by atoms with Crippen molar-refractivity contribution in [1.82, 2.24) is 19.9 Å². The van der Waals surface area contributed by atoms with E-state index in [0.29, 0.717) is 0 Å². The van der Waals surface area contributed by atoms with Gasteiger partial charge in [0, 0.05) is 38.4 Å². The maximum atomic E-state index is 4.48. The fourth-order valence-corrected chi connectivity index (χ4v) is 3.16. The van der Waals surface area contributed by atoms with Crippen LogP contribution in [0.5, 0.6) is 0 Å². The topological polar surface area (TPSA) is 48.1 Å². The second kappa shape index (κ2) is 4.49. The van der Waals surface area contributed by atoms with Crippen LogP contribution in [0, 0.1) is 0 Å². The molecule has 1 aliphatic carbocycles. The number of fused-ring (bicyclic) bond motifs is 1. The van der Waals surface area contributed by atoms with Gasteiger partial charge in [0.15, 0.2) is 0 Å². The molecule has 1 saturated heterocycles. The monoisotopic (exact) mass is 257 g/mol. The van der Waals surface area contributed by atoms with E-state index in [1.807, 2.05) is 6.20 Å². The van der Waals surface area contributed by atoms with Crippen LogP contribution in [0.25, 0.3) is 11.0 Å². The summed E-state index contributed by atoms with van der Waals surface area (Å²) in [6.45, 7) is 4.49. The van der Waals surface area contributed by atoms with Gasteiger partial charge >= 0.3 is 0 Å². The fraction of sp³-hybridized carbons (Fsp3) is 0.571. The third-order valence-corrected chi connectivity index (χ3v) is 4.54. The molecule has 19 heavy (non-hydrogen) atoms. The van der Waals surface area contributed by atoms with Crippen LogP contribution >= 0.6 is 0 Å². The van der Waals surface area contributed by atoms with Gasteiger partial charge in [0.1, 0.15) is 17.8 Å². The van der Waals surface area contributed by atoms with Gasteiger partial charge in [-0.1, -0.05) is 6.42 Å². The molecule has 0 bridgehead atoms. The number of nitrogens with zero attached hydrogens (tertiary/aromatic N) is 4. The van der Waals surface area contributed by atoms with Crippen molar-refractivity contribution in [3.8, 4) is 0 Å². The Bertz CT molecular complexity index is 566. The fourth-order valence-electron chi connectivity index (χ4n) is 3.16. The van der Waals surface area contributed by atoms with E-state index in [9.17, 15) is 0 Å². The number of aromatic nitrogens is 3. The molecule has 5 nitrogen and oxygen atoms in total. The summed E-state index contributed by atoms with van der Waals surface area (Å²) in [6.07, 6.45) is 7.81. The molecule has 1 saturated carbocycles. The molecule has 5 heteroatoms. The van der Waals surface area contributed by atoms with Crippen molar-refractivity contribution in [2.45, 2.75) is 25.3 Å². The Hall–Kier alpha value is -1.62. The van der Waals surface area contributed by atoms with Gasteiger partial charge in [-0.15, -0.1) is 0 Å². The molecule has 4 rings (SSSR count). The smallest absolute Gasteiger partial charge is 0.142 e. The molecule has 2 fully saturated rings. The van der Waals surface area contributed by atoms with Crippen LogP contribution in [0.15, 0.2) is 18.6 Å². The zero-order chi connectivity index (χ0) is 12.7. The van der Waals surface area contributed by atoms with Gasteiger partial charge in [-0.25, -0.2) is 9.97 Å². The second-order valence-electron chi connectivity index (χ2n) is 5.54. The lowest BCUT2D eigenvalue weighted by Gasteiger charge is -2.43. The first-order valence-corrected chi connectivity index (χ1v) is 7.19. The molecule has 1 aliphatic heterocycles. The van der Waals surface area contributed by atoms with Crippen molar-refractivity contribution >= 4 is 16.9 Å². The van der Waals surface area contributed by atoms with E-state index in [1.165, 1.54) is 32.4 Å². The van der Waals surface area contributed by atoms with Crippen LogP contribution in [0.2, 0.25) is 0 Å². The van der Waals surface area contributed by atoms with E-state index < -0.39 is 0 Å². The molecule has 3 heterocycles. The summed E-state index contributed by atoms with van der Waals surface area (Å²) < 4.78 is 0. The number of hydrogen-bond acceptors (Lipinski definition) is 4. The summed E-state index contributed by atoms with van der Waals surface area (Å²) in [5, 5.41) is 1.14. The molecule has 0 amide bonds. The Kier molecular flexibility index (Phi) is 2.65. The molecule has 1 N–H and O–H groups in total. The summed E-state index contributed by atoms with van der Waals surface area (Å²) in [4.78, 5) is 16.9. The molecule has 2 aromatic heterocycles. The van der Waals surface area contributed by atoms with Crippen molar-refractivity contribution in [2.24, 2.45) is 0 Å².